The van der Waals surface area contributed by atoms with E-state index < -0.39 is 11.7 Å². The number of rotatable bonds is 3. The van der Waals surface area contributed by atoms with E-state index in [1.807, 2.05) is 6.07 Å². The van der Waals surface area contributed by atoms with Crippen molar-refractivity contribution in [2.45, 2.75) is 32.8 Å². The van der Waals surface area contributed by atoms with Gasteiger partial charge in [-0.3, -0.25) is 10.7 Å². The van der Waals surface area contributed by atoms with Crippen molar-refractivity contribution in [1.82, 2.24) is 0 Å². The van der Waals surface area contributed by atoms with Crippen LogP contribution in [-0.4, -0.2) is 17.4 Å². The first-order valence-electron chi connectivity index (χ1n) is 6.01. The van der Waals surface area contributed by atoms with Crippen molar-refractivity contribution in [3.05, 3.63) is 28.2 Å². The monoisotopic (exact) mass is 338 g/mol. The molecule has 3 N–H and O–H groups in total. The van der Waals surface area contributed by atoms with Gasteiger partial charge in [-0.25, -0.2) is 4.79 Å². The second-order valence-electron chi connectivity index (χ2n) is 5.18. The number of ether oxygens (including phenoxy) is 1. The van der Waals surface area contributed by atoms with Crippen LogP contribution < -0.4 is 10.7 Å². The molecule has 0 saturated carbocycles. The number of hydrogen-bond donors (Lipinski definition) is 2. The number of anilines is 1. The number of carbonyl (C=O) groups excluding carboxylic acids is 1. The minimum absolute atomic E-state index is 0.0879. The van der Waals surface area contributed by atoms with Crippen LogP contribution in [0.5, 0.6) is 0 Å². The smallest absolute Gasteiger partial charge is 0.412 e. The molecular formula is C14H17BrN3O2+. The zero-order chi connectivity index (χ0) is 15.3. The minimum atomic E-state index is -0.585. The number of halogens is 1. The standard InChI is InChI=1S/C14H16BrN3O2/c1-14(2,3)20-13(19)18-12-8-9(15)4-5-10(12)11(17)6-7-16/h4-5,8,17H,6H2,1-3H3,(H,18,19)/p+1. The largest absolute Gasteiger partial charge is 0.444 e. The van der Waals surface area contributed by atoms with Gasteiger partial charge in [0.2, 0.25) is 0 Å². The molecule has 0 aliphatic heterocycles. The quantitative estimate of drug-likeness (QED) is 0.828. The molecule has 0 fully saturated rings. The highest BCUT2D eigenvalue weighted by Crippen LogP contribution is 2.23. The summed E-state index contributed by atoms with van der Waals surface area (Å²) in [6, 6.07) is 7.22. The van der Waals surface area contributed by atoms with Crippen molar-refractivity contribution in [2.24, 2.45) is 0 Å². The molecule has 1 aromatic rings. The number of nitrogens with one attached hydrogen (secondary N) is 1. The second kappa shape index (κ2) is 6.53. The molecular weight excluding hydrogens is 322 g/mol. The molecule has 0 unspecified atom stereocenters. The fraction of sp³-hybridized carbons (Fsp3) is 0.357. The first-order chi connectivity index (χ1) is 9.23. The number of amides is 1. The van der Waals surface area contributed by atoms with E-state index in [-0.39, 0.29) is 6.42 Å². The van der Waals surface area contributed by atoms with Crippen molar-refractivity contribution in [3.8, 4) is 6.07 Å². The van der Waals surface area contributed by atoms with Crippen molar-refractivity contribution in [3.63, 3.8) is 0 Å². The topological polar surface area (TPSA) is 87.7 Å². The summed E-state index contributed by atoms with van der Waals surface area (Å²) in [5.41, 5.74) is 0.922. The van der Waals surface area contributed by atoms with Gasteiger partial charge in [-0.05, 0) is 39.0 Å². The van der Waals surface area contributed by atoms with Crippen molar-refractivity contribution >= 4 is 33.4 Å². The summed E-state index contributed by atoms with van der Waals surface area (Å²) in [7, 11) is 0. The molecule has 106 valence electrons. The molecule has 0 aromatic heterocycles. The summed E-state index contributed by atoms with van der Waals surface area (Å²) in [6.07, 6.45) is -0.480. The summed E-state index contributed by atoms with van der Waals surface area (Å²) < 4.78 is 5.98. The van der Waals surface area contributed by atoms with Crippen molar-refractivity contribution in [1.29, 1.82) is 5.26 Å². The van der Waals surface area contributed by atoms with E-state index in [2.05, 4.69) is 21.2 Å². The number of nitriles is 1. The van der Waals surface area contributed by atoms with Gasteiger partial charge in [0, 0.05) is 4.47 Å². The number of nitrogens with two attached hydrogens (primary N) is 1. The molecule has 1 aromatic carbocycles. The van der Waals surface area contributed by atoms with Gasteiger partial charge in [-0.1, -0.05) is 15.9 Å². The summed E-state index contributed by atoms with van der Waals surface area (Å²) >= 11 is 3.33. The maximum atomic E-state index is 11.8. The predicted molar refractivity (Wildman–Crippen MR) is 80.3 cm³/mol. The summed E-state index contributed by atoms with van der Waals surface area (Å²) in [4.78, 5) is 11.8. The molecule has 6 heteroatoms. The Morgan fingerprint density at radius 2 is 2.15 bits per heavy atom. The average Bonchev–Trinajstić information content (AvgIpc) is 2.26. The lowest BCUT2D eigenvalue weighted by Crippen LogP contribution is -2.40. The normalized spacial score (nSPS) is 10.6. The Morgan fingerprint density at radius 3 is 2.70 bits per heavy atom. The SMILES string of the molecule is CC(C)(C)OC(=O)Nc1cc(Br)ccc1C(=[NH2+])CC#N. The van der Waals surface area contributed by atoms with Crippen LogP contribution in [-0.2, 0) is 4.74 Å². The van der Waals surface area contributed by atoms with E-state index in [4.69, 9.17) is 15.4 Å². The lowest BCUT2D eigenvalue weighted by molar-refractivity contribution is -0.114. The molecule has 5 nitrogen and oxygen atoms in total. The van der Waals surface area contributed by atoms with Crippen molar-refractivity contribution in [2.75, 3.05) is 5.32 Å². The van der Waals surface area contributed by atoms with Crippen LogP contribution >= 0.6 is 15.9 Å². The van der Waals surface area contributed by atoms with E-state index in [1.54, 1.807) is 39.0 Å². The minimum Gasteiger partial charge on any atom is -0.444 e. The van der Waals surface area contributed by atoms with Gasteiger partial charge in [0.1, 0.15) is 12.0 Å². The number of benzene rings is 1. The number of nitrogens with zero attached hydrogens (tertiary/aromatic N) is 1. The molecule has 20 heavy (non-hydrogen) atoms. The fourth-order valence-electron chi connectivity index (χ4n) is 1.49. The van der Waals surface area contributed by atoms with Gasteiger partial charge >= 0.3 is 6.09 Å². The van der Waals surface area contributed by atoms with Crippen molar-refractivity contribution < 1.29 is 14.9 Å². The zero-order valence-electron chi connectivity index (χ0n) is 11.7. The van der Waals surface area contributed by atoms with Gasteiger partial charge in [-0.2, -0.15) is 5.26 Å². The molecule has 0 aliphatic rings. The predicted octanol–water partition coefficient (Wildman–Crippen LogP) is 2.26. The molecule has 0 radical (unpaired) electrons. The molecule has 0 spiro atoms. The first-order valence-corrected chi connectivity index (χ1v) is 6.80. The van der Waals surface area contributed by atoms with Gasteiger partial charge in [0.25, 0.3) is 0 Å². The van der Waals surface area contributed by atoms with Crippen LogP contribution in [0.25, 0.3) is 0 Å². The third-order valence-corrected chi connectivity index (χ3v) is 2.73. The van der Waals surface area contributed by atoms with E-state index >= 15 is 0 Å². The first kappa shape index (κ1) is 16.2. The van der Waals surface area contributed by atoms with Crippen LogP contribution in [0, 0.1) is 11.3 Å². The Morgan fingerprint density at radius 1 is 1.50 bits per heavy atom. The lowest BCUT2D eigenvalue weighted by atomic mass is 10.1. The fourth-order valence-corrected chi connectivity index (χ4v) is 1.85. The van der Waals surface area contributed by atoms with E-state index in [0.29, 0.717) is 17.0 Å². The Bertz CT molecular complexity index is 571. The average molecular weight is 339 g/mol. The van der Waals surface area contributed by atoms with E-state index in [9.17, 15) is 4.79 Å². The Kier molecular flexibility index (Phi) is 5.28. The van der Waals surface area contributed by atoms with Crippen LogP contribution in [0.2, 0.25) is 0 Å². The summed E-state index contributed by atoms with van der Waals surface area (Å²) in [5.74, 6) is 0. The lowest BCUT2D eigenvalue weighted by Gasteiger charge is -2.20. The highest BCUT2D eigenvalue weighted by molar-refractivity contribution is 9.10. The molecule has 0 saturated heterocycles. The highest BCUT2D eigenvalue weighted by Gasteiger charge is 2.19. The number of carbonyl (C=O) groups is 1. The maximum Gasteiger partial charge on any atom is 0.412 e. The Hall–Kier alpha value is -1.87. The third-order valence-electron chi connectivity index (χ3n) is 2.23. The third kappa shape index (κ3) is 5.02. The van der Waals surface area contributed by atoms with Gasteiger partial charge < -0.3 is 4.74 Å². The maximum absolute atomic E-state index is 11.8. The Balaban J connectivity index is 2.99. The van der Waals surface area contributed by atoms with Crippen LogP contribution in [0.15, 0.2) is 22.7 Å². The van der Waals surface area contributed by atoms with Crippen LogP contribution in [0.4, 0.5) is 10.5 Å². The molecule has 0 aliphatic carbocycles. The van der Waals surface area contributed by atoms with Crippen LogP contribution in [0.1, 0.15) is 32.8 Å². The molecule has 0 bridgehead atoms. The van der Waals surface area contributed by atoms with Gasteiger partial charge in [0.15, 0.2) is 5.71 Å². The Labute approximate surface area is 126 Å². The highest BCUT2D eigenvalue weighted by atomic mass is 79.9. The van der Waals surface area contributed by atoms with E-state index in [1.165, 1.54) is 0 Å². The second-order valence-corrected chi connectivity index (χ2v) is 6.09. The molecule has 0 heterocycles. The van der Waals surface area contributed by atoms with Gasteiger partial charge in [-0.15, -0.1) is 0 Å². The molecule has 1 rings (SSSR count). The molecule has 1 amide bonds. The van der Waals surface area contributed by atoms with Crippen LogP contribution in [0.3, 0.4) is 0 Å². The number of hydrogen-bond acceptors (Lipinski definition) is 3. The van der Waals surface area contributed by atoms with Gasteiger partial charge in [0.05, 0.1) is 17.3 Å². The molecule has 0 atom stereocenters. The zero-order valence-corrected chi connectivity index (χ0v) is 13.2. The summed E-state index contributed by atoms with van der Waals surface area (Å²) in [6.45, 7) is 5.35. The van der Waals surface area contributed by atoms with E-state index in [0.717, 1.165) is 4.47 Å². The summed E-state index contributed by atoms with van der Waals surface area (Å²) in [5, 5.41) is 17.2.